The van der Waals surface area contributed by atoms with Gasteiger partial charge < -0.3 is 10.4 Å². The average Bonchev–Trinajstić information content (AvgIpc) is 2.79. The van der Waals surface area contributed by atoms with E-state index in [4.69, 9.17) is 0 Å². The Morgan fingerprint density at radius 2 is 1.91 bits per heavy atom. The van der Waals surface area contributed by atoms with Gasteiger partial charge in [-0.05, 0) is 60.6 Å². The molecule has 3 heterocycles. The van der Waals surface area contributed by atoms with Crippen molar-refractivity contribution in [2.45, 2.75) is 31.3 Å². The summed E-state index contributed by atoms with van der Waals surface area (Å²) < 4.78 is 14.8. The maximum absolute atomic E-state index is 13.5. The van der Waals surface area contributed by atoms with Crippen molar-refractivity contribution in [2.75, 3.05) is 0 Å². The number of hydrogen-bond acceptors (Lipinski definition) is 5. The molecule has 7 nitrogen and oxygen atoms in total. The molecule has 0 aliphatic heterocycles. The first kappa shape index (κ1) is 20.5. The fourth-order valence-electron chi connectivity index (χ4n) is 5.07. The zero-order valence-corrected chi connectivity index (χ0v) is 18.2. The Kier molecular flexibility index (Phi) is 4.52. The Morgan fingerprint density at radius 3 is 2.56 bits per heavy atom. The van der Waals surface area contributed by atoms with Gasteiger partial charge in [0.25, 0.3) is 11.5 Å². The fraction of sp³-hybridized carbons (Fsp3) is 0.231. The predicted molar refractivity (Wildman–Crippen MR) is 124 cm³/mol. The third-order valence-corrected chi connectivity index (χ3v) is 6.96. The molecule has 3 aliphatic rings. The molecule has 2 bridgehead atoms. The number of nitrogens with zero attached hydrogens (tertiary/aromatic N) is 3. The van der Waals surface area contributed by atoms with Crippen LogP contribution in [0.4, 0.5) is 4.39 Å². The standard InChI is InChI=1S/C26H21FN4O3/c27-19-5-3-17(4-6-19)18-8-20-22(32)21(24(33)30-26-9-16(10-26)11-26)25(34)31(23(20)29-13-18)14-15-2-1-7-28-12-15/h1-8,12-13,16,32H,9-11,14H2,(H,30,33). The molecule has 2 N–H and O–H groups in total. The lowest BCUT2D eigenvalue weighted by molar-refractivity contribution is -0.0439. The van der Waals surface area contributed by atoms with E-state index in [1.54, 1.807) is 42.9 Å². The number of halogens is 1. The Labute approximate surface area is 193 Å². The molecule has 0 radical (unpaired) electrons. The number of pyridine rings is 3. The highest BCUT2D eigenvalue weighted by molar-refractivity contribution is 6.02. The van der Waals surface area contributed by atoms with Gasteiger partial charge in [-0.2, -0.15) is 0 Å². The van der Waals surface area contributed by atoms with E-state index in [1.165, 1.54) is 16.7 Å². The molecule has 4 aromatic rings. The molecule has 3 aliphatic carbocycles. The summed E-state index contributed by atoms with van der Waals surface area (Å²) in [6.07, 6.45) is 7.57. The van der Waals surface area contributed by atoms with E-state index >= 15 is 0 Å². The summed E-state index contributed by atoms with van der Waals surface area (Å²) in [5.41, 5.74) is 1.17. The Bertz CT molecular complexity index is 1480. The van der Waals surface area contributed by atoms with Gasteiger partial charge in [0.05, 0.1) is 11.9 Å². The van der Waals surface area contributed by atoms with Crippen LogP contribution in [0.5, 0.6) is 5.75 Å². The van der Waals surface area contributed by atoms with Crippen LogP contribution >= 0.6 is 0 Å². The first-order valence-electron chi connectivity index (χ1n) is 11.2. The first-order chi connectivity index (χ1) is 16.4. The van der Waals surface area contributed by atoms with E-state index in [0.29, 0.717) is 17.0 Å². The molecule has 0 unspecified atom stereocenters. The van der Waals surface area contributed by atoms with Crippen LogP contribution in [-0.4, -0.2) is 31.1 Å². The van der Waals surface area contributed by atoms with Crippen molar-refractivity contribution in [3.63, 3.8) is 0 Å². The fourth-order valence-corrected chi connectivity index (χ4v) is 5.07. The molecule has 3 aromatic heterocycles. The van der Waals surface area contributed by atoms with Crippen LogP contribution < -0.4 is 10.9 Å². The number of hydrogen-bond donors (Lipinski definition) is 2. The number of nitrogens with one attached hydrogen (secondary N) is 1. The summed E-state index contributed by atoms with van der Waals surface area (Å²) >= 11 is 0. The Balaban J connectivity index is 1.52. The van der Waals surface area contributed by atoms with E-state index in [0.717, 1.165) is 24.8 Å². The van der Waals surface area contributed by atoms with Gasteiger partial charge >= 0.3 is 0 Å². The number of carbonyl (C=O) groups is 1. The van der Waals surface area contributed by atoms with Gasteiger partial charge in [0, 0.05) is 29.7 Å². The number of amides is 1. The second-order valence-corrected chi connectivity index (χ2v) is 9.29. The molecule has 3 saturated carbocycles. The van der Waals surface area contributed by atoms with E-state index in [9.17, 15) is 19.1 Å². The van der Waals surface area contributed by atoms with Crippen molar-refractivity contribution in [1.82, 2.24) is 19.9 Å². The highest BCUT2D eigenvalue weighted by Crippen LogP contribution is 2.57. The maximum Gasteiger partial charge on any atom is 0.269 e. The summed E-state index contributed by atoms with van der Waals surface area (Å²) in [4.78, 5) is 35.3. The number of benzene rings is 1. The van der Waals surface area contributed by atoms with Crippen LogP contribution in [0.1, 0.15) is 35.2 Å². The molecular formula is C26H21FN4O3. The number of aromatic hydroxyl groups is 1. The number of carbonyl (C=O) groups excluding carboxylic acids is 1. The summed E-state index contributed by atoms with van der Waals surface area (Å²) in [6, 6.07) is 11.2. The van der Waals surface area contributed by atoms with Gasteiger partial charge in [-0.3, -0.25) is 19.1 Å². The minimum absolute atomic E-state index is 0.139. The van der Waals surface area contributed by atoms with Crippen LogP contribution in [0.25, 0.3) is 22.2 Å². The lowest BCUT2D eigenvalue weighted by Crippen LogP contribution is -2.68. The molecule has 1 amide bonds. The van der Waals surface area contributed by atoms with Crippen molar-refractivity contribution in [3.05, 3.63) is 88.4 Å². The second kappa shape index (κ2) is 7.48. The molecule has 0 saturated heterocycles. The van der Waals surface area contributed by atoms with Crippen LogP contribution in [0.3, 0.4) is 0 Å². The summed E-state index contributed by atoms with van der Waals surface area (Å²) in [5, 5.41) is 14.4. The Hall–Kier alpha value is -4.07. The van der Waals surface area contributed by atoms with Gasteiger partial charge in [-0.1, -0.05) is 18.2 Å². The largest absolute Gasteiger partial charge is 0.506 e. The van der Waals surface area contributed by atoms with Crippen LogP contribution in [0, 0.1) is 11.7 Å². The van der Waals surface area contributed by atoms with Gasteiger partial charge in [-0.25, -0.2) is 9.37 Å². The molecule has 170 valence electrons. The summed E-state index contributed by atoms with van der Waals surface area (Å²) in [7, 11) is 0. The topological polar surface area (TPSA) is 97.1 Å². The minimum atomic E-state index is -0.611. The van der Waals surface area contributed by atoms with E-state index in [-0.39, 0.29) is 34.5 Å². The average molecular weight is 456 g/mol. The molecule has 1 aromatic carbocycles. The highest BCUT2D eigenvalue weighted by atomic mass is 19.1. The van der Waals surface area contributed by atoms with Crippen LogP contribution in [0.2, 0.25) is 0 Å². The lowest BCUT2D eigenvalue weighted by atomic mass is 9.50. The van der Waals surface area contributed by atoms with Crippen molar-refractivity contribution in [1.29, 1.82) is 0 Å². The monoisotopic (exact) mass is 456 g/mol. The third kappa shape index (κ3) is 3.25. The van der Waals surface area contributed by atoms with Crippen molar-refractivity contribution >= 4 is 16.9 Å². The van der Waals surface area contributed by atoms with Crippen LogP contribution in [-0.2, 0) is 6.54 Å². The number of fused-ring (bicyclic) bond motifs is 1. The van der Waals surface area contributed by atoms with Gasteiger partial charge in [-0.15, -0.1) is 0 Å². The zero-order valence-electron chi connectivity index (χ0n) is 18.2. The number of rotatable bonds is 5. The Morgan fingerprint density at radius 1 is 1.15 bits per heavy atom. The molecule has 0 spiro atoms. The minimum Gasteiger partial charge on any atom is -0.506 e. The van der Waals surface area contributed by atoms with Crippen LogP contribution in [0.15, 0.2) is 65.8 Å². The summed E-state index contributed by atoms with van der Waals surface area (Å²) in [5.74, 6) is -0.689. The lowest BCUT2D eigenvalue weighted by Gasteiger charge is -2.61. The molecule has 34 heavy (non-hydrogen) atoms. The van der Waals surface area contributed by atoms with Gasteiger partial charge in [0.15, 0.2) is 0 Å². The van der Waals surface area contributed by atoms with Gasteiger partial charge in [0.2, 0.25) is 0 Å². The molecule has 0 atom stereocenters. The first-order valence-corrected chi connectivity index (χ1v) is 11.2. The van der Waals surface area contributed by atoms with E-state index in [2.05, 4.69) is 15.3 Å². The van der Waals surface area contributed by atoms with Gasteiger partial charge in [0.1, 0.15) is 22.8 Å². The zero-order chi connectivity index (χ0) is 23.4. The molecule has 3 fully saturated rings. The quantitative estimate of drug-likeness (QED) is 0.478. The maximum atomic E-state index is 13.5. The molecular weight excluding hydrogens is 435 g/mol. The van der Waals surface area contributed by atoms with Crippen molar-refractivity contribution < 1.29 is 14.3 Å². The van der Waals surface area contributed by atoms with E-state index in [1.807, 2.05) is 6.07 Å². The predicted octanol–water partition coefficient (Wildman–Crippen LogP) is 3.63. The smallest absolute Gasteiger partial charge is 0.269 e. The van der Waals surface area contributed by atoms with Crippen molar-refractivity contribution in [2.24, 2.45) is 5.92 Å². The normalized spacial score (nSPS) is 20.4. The molecule has 8 heteroatoms. The third-order valence-electron chi connectivity index (χ3n) is 6.96. The number of aromatic nitrogens is 3. The second-order valence-electron chi connectivity index (χ2n) is 9.29. The SMILES string of the molecule is O=C(NC12CC(C1)C2)c1c(O)c2cc(-c3ccc(F)cc3)cnc2n(Cc2cccnc2)c1=O. The molecule has 7 rings (SSSR count). The van der Waals surface area contributed by atoms with Crippen molar-refractivity contribution in [3.8, 4) is 16.9 Å². The highest BCUT2D eigenvalue weighted by Gasteiger charge is 2.57. The van der Waals surface area contributed by atoms with E-state index < -0.39 is 17.2 Å². The summed E-state index contributed by atoms with van der Waals surface area (Å²) in [6.45, 7) is 0.139.